The second-order valence-corrected chi connectivity index (χ2v) is 5.80. The number of amides is 2. The van der Waals surface area contributed by atoms with E-state index in [0.29, 0.717) is 6.44 Å². The van der Waals surface area contributed by atoms with Crippen molar-refractivity contribution in [1.82, 2.24) is 15.6 Å². The third-order valence-electron chi connectivity index (χ3n) is 4.06. The highest BCUT2D eigenvalue weighted by molar-refractivity contribution is 6.10. The molecule has 1 unspecified atom stereocenters. The van der Waals surface area contributed by atoms with Crippen molar-refractivity contribution in [3.05, 3.63) is 66.0 Å². The number of urea groups is 1. The summed E-state index contributed by atoms with van der Waals surface area (Å²) in [6.45, 7) is 4.16. The molecule has 25 heavy (non-hydrogen) atoms. The Kier molecular flexibility index (Phi) is 6.89. The third kappa shape index (κ3) is 4.54. The van der Waals surface area contributed by atoms with E-state index in [1.807, 2.05) is 57.2 Å². The summed E-state index contributed by atoms with van der Waals surface area (Å²) in [5, 5.41) is 9.92. The SMILES string of the molecule is BCNC(=O)NC1=CC(C(/C=C\CC)=C/C)N(C)N1c1ccccc1. The minimum Gasteiger partial charge on any atom is -0.346 e. The molecule has 0 radical (unpaired) electrons. The molecule has 0 spiro atoms. The molecule has 0 fully saturated rings. The van der Waals surface area contributed by atoms with E-state index < -0.39 is 0 Å². The molecule has 0 saturated carbocycles. The Labute approximate surface area is 151 Å². The van der Waals surface area contributed by atoms with Gasteiger partial charge >= 0.3 is 6.03 Å². The van der Waals surface area contributed by atoms with Crippen LogP contribution in [0.15, 0.2) is 66.0 Å². The van der Waals surface area contributed by atoms with Gasteiger partial charge in [0.2, 0.25) is 0 Å². The van der Waals surface area contributed by atoms with Crippen LogP contribution in [0.25, 0.3) is 0 Å². The van der Waals surface area contributed by atoms with Gasteiger partial charge in [0.1, 0.15) is 13.7 Å². The summed E-state index contributed by atoms with van der Waals surface area (Å²) >= 11 is 0. The number of anilines is 1. The average molecular weight is 338 g/mol. The van der Waals surface area contributed by atoms with Crippen LogP contribution in [0.2, 0.25) is 0 Å². The van der Waals surface area contributed by atoms with Crippen LogP contribution in [-0.4, -0.2) is 38.4 Å². The lowest BCUT2D eigenvalue weighted by Gasteiger charge is -2.32. The first-order valence-electron chi connectivity index (χ1n) is 8.79. The third-order valence-corrected chi connectivity index (χ3v) is 4.06. The summed E-state index contributed by atoms with van der Waals surface area (Å²) in [4.78, 5) is 12.1. The van der Waals surface area contributed by atoms with Crippen molar-refractivity contribution in [2.24, 2.45) is 0 Å². The van der Waals surface area contributed by atoms with Crippen LogP contribution in [0.3, 0.4) is 0 Å². The van der Waals surface area contributed by atoms with E-state index in [0.717, 1.165) is 17.9 Å². The van der Waals surface area contributed by atoms with Crippen molar-refractivity contribution in [3.8, 4) is 0 Å². The highest BCUT2D eigenvalue weighted by Gasteiger charge is 2.32. The largest absolute Gasteiger partial charge is 0.346 e. The number of likely N-dealkylation sites (N-methyl/N-ethyl adjacent to an activating group) is 1. The van der Waals surface area contributed by atoms with Gasteiger partial charge in [-0.1, -0.05) is 43.4 Å². The van der Waals surface area contributed by atoms with Gasteiger partial charge in [0, 0.05) is 7.05 Å². The molecular weight excluding hydrogens is 311 g/mol. The molecule has 1 aromatic rings. The Morgan fingerprint density at radius 3 is 2.64 bits per heavy atom. The number of nitrogens with zero attached hydrogens (tertiary/aromatic N) is 2. The van der Waals surface area contributed by atoms with Crippen molar-refractivity contribution in [1.29, 1.82) is 0 Å². The van der Waals surface area contributed by atoms with E-state index in [1.54, 1.807) is 0 Å². The predicted octanol–water partition coefficient (Wildman–Crippen LogP) is 2.37. The summed E-state index contributed by atoms with van der Waals surface area (Å²) < 4.78 is 0. The van der Waals surface area contributed by atoms with Gasteiger partial charge in [0.05, 0.1) is 11.7 Å². The number of hydrogen-bond donors (Lipinski definition) is 2. The number of hydrazine groups is 1. The van der Waals surface area contributed by atoms with Crippen LogP contribution in [-0.2, 0) is 0 Å². The minimum atomic E-state index is -0.199. The molecule has 1 atom stereocenters. The number of carbonyl (C=O) groups excluding carboxylic acids is 1. The maximum Gasteiger partial charge on any atom is 0.319 e. The summed E-state index contributed by atoms with van der Waals surface area (Å²) in [7, 11) is 3.93. The molecule has 0 saturated heterocycles. The summed E-state index contributed by atoms with van der Waals surface area (Å²) in [6.07, 6.45) is 10.1. The van der Waals surface area contributed by atoms with E-state index in [9.17, 15) is 4.79 Å². The molecule has 2 rings (SSSR count). The fourth-order valence-electron chi connectivity index (χ4n) is 2.86. The van der Waals surface area contributed by atoms with Gasteiger partial charge in [0.25, 0.3) is 0 Å². The zero-order valence-electron chi connectivity index (χ0n) is 15.5. The highest BCUT2D eigenvalue weighted by atomic mass is 16.2. The molecule has 2 N–H and O–H groups in total. The first-order chi connectivity index (χ1) is 12.1. The molecule has 132 valence electrons. The lowest BCUT2D eigenvalue weighted by Crippen LogP contribution is -2.45. The van der Waals surface area contributed by atoms with Crippen LogP contribution >= 0.6 is 0 Å². The van der Waals surface area contributed by atoms with Crippen molar-refractivity contribution in [2.75, 3.05) is 18.5 Å². The van der Waals surface area contributed by atoms with Crippen molar-refractivity contribution in [3.63, 3.8) is 0 Å². The fraction of sp³-hybridized carbons (Fsp3) is 0.316. The van der Waals surface area contributed by atoms with Crippen LogP contribution in [0, 0.1) is 0 Å². The molecule has 2 amide bonds. The smallest absolute Gasteiger partial charge is 0.319 e. The standard InChI is InChI=1S/C19H27BN4O/c1-4-6-10-15(5-2)17-13-18(22-19(25)21-14-20)24(23(17)3)16-11-8-7-9-12-16/h5-13,17H,4,14,20H2,1-3H3,(H2,21,22,25)/b10-6-,15-5+. The lowest BCUT2D eigenvalue weighted by molar-refractivity contribution is 0.243. The van der Waals surface area contributed by atoms with E-state index in [1.165, 1.54) is 5.57 Å². The molecule has 5 nitrogen and oxygen atoms in total. The van der Waals surface area contributed by atoms with Crippen LogP contribution in [0.4, 0.5) is 10.5 Å². The number of nitrogens with one attached hydrogen (secondary N) is 2. The van der Waals surface area contributed by atoms with Crippen LogP contribution < -0.4 is 15.6 Å². The Hall–Kier alpha value is -2.47. The van der Waals surface area contributed by atoms with Gasteiger partial charge < -0.3 is 5.32 Å². The molecular formula is C19H27BN4O. The molecule has 1 aliphatic rings. The quantitative estimate of drug-likeness (QED) is 0.618. The predicted molar refractivity (Wildman–Crippen MR) is 107 cm³/mol. The Bertz CT molecular complexity index is 669. The van der Waals surface area contributed by atoms with E-state index in [-0.39, 0.29) is 12.1 Å². The van der Waals surface area contributed by atoms with Crippen LogP contribution in [0.1, 0.15) is 20.3 Å². The van der Waals surface area contributed by atoms with Gasteiger partial charge in [-0.3, -0.25) is 10.3 Å². The molecule has 6 heteroatoms. The first kappa shape index (κ1) is 18.9. The van der Waals surface area contributed by atoms with Gasteiger partial charge in [0.15, 0.2) is 0 Å². The van der Waals surface area contributed by atoms with Crippen molar-refractivity contribution >= 4 is 19.6 Å². The number of hydrogen-bond acceptors (Lipinski definition) is 3. The highest BCUT2D eigenvalue weighted by Crippen LogP contribution is 2.30. The van der Waals surface area contributed by atoms with Crippen LogP contribution in [0.5, 0.6) is 0 Å². The molecule has 1 aromatic carbocycles. The second kappa shape index (κ2) is 9.13. The van der Waals surface area contributed by atoms with E-state index in [2.05, 4.69) is 46.9 Å². The number of benzene rings is 1. The second-order valence-electron chi connectivity index (χ2n) is 5.80. The first-order valence-corrected chi connectivity index (χ1v) is 8.79. The van der Waals surface area contributed by atoms with Gasteiger partial charge in [-0.05, 0) is 43.6 Å². The number of carbonyl (C=O) groups is 1. The normalized spacial score (nSPS) is 18.5. The van der Waals surface area contributed by atoms with Crippen molar-refractivity contribution < 1.29 is 4.79 Å². The zero-order valence-corrected chi connectivity index (χ0v) is 15.5. The zero-order chi connectivity index (χ0) is 18.2. The minimum absolute atomic E-state index is 0.0601. The maximum absolute atomic E-state index is 12.1. The molecule has 1 aliphatic heterocycles. The van der Waals surface area contributed by atoms with Gasteiger partial charge in [-0.15, -0.1) is 0 Å². The Balaban J connectivity index is 2.35. The van der Waals surface area contributed by atoms with E-state index in [4.69, 9.17) is 0 Å². The topological polar surface area (TPSA) is 47.6 Å². The average Bonchev–Trinajstić information content (AvgIpc) is 2.93. The summed E-state index contributed by atoms with van der Waals surface area (Å²) in [6, 6.07) is 9.90. The number of rotatable bonds is 6. The molecule has 0 aliphatic carbocycles. The van der Waals surface area contributed by atoms with Crippen molar-refractivity contribution in [2.45, 2.75) is 26.3 Å². The Morgan fingerprint density at radius 2 is 2.04 bits per heavy atom. The van der Waals surface area contributed by atoms with Gasteiger partial charge in [-0.2, -0.15) is 0 Å². The number of allylic oxidation sites excluding steroid dienone is 2. The number of para-hydroxylation sites is 1. The molecule has 1 heterocycles. The van der Waals surface area contributed by atoms with E-state index >= 15 is 0 Å². The fourth-order valence-corrected chi connectivity index (χ4v) is 2.86. The summed E-state index contributed by atoms with van der Waals surface area (Å²) in [5.74, 6) is 0.758. The lowest BCUT2D eigenvalue weighted by atomic mass is 10.1. The van der Waals surface area contributed by atoms with Gasteiger partial charge in [-0.25, -0.2) is 9.80 Å². The summed E-state index contributed by atoms with van der Waals surface area (Å²) in [5.41, 5.74) is 2.20. The molecule has 0 bridgehead atoms. The molecule has 0 aromatic heterocycles. The monoisotopic (exact) mass is 338 g/mol. The Morgan fingerprint density at radius 1 is 1.32 bits per heavy atom. The maximum atomic E-state index is 12.1.